The number of ether oxygens (including phenoxy) is 1. The Morgan fingerprint density at radius 1 is 1.38 bits per heavy atom. The first-order valence-corrected chi connectivity index (χ1v) is 5.76. The van der Waals surface area contributed by atoms with Gasteiger partial charge in [0.25, 0.3) is 0 Å². The Morgan fingerprint density at radius 2 is 2.00 bits per heavy atom. The highest BCUT2D eigenvalue weighted by Gasteiger charge is 2.20. The Labute approximate surface area is 97.2 Å². The van der Waals surface area contributed by atoms with Crippen molar-refractivity contribution < 1.29 is 9.84 Å². The number of aliphatic hydroxyl groups is 1. The van der Waals surface area contributed by atoms with Crippen LogP contribution < -0.4 is 4.74 Å². The van der Waals surface area contributed by atoms with Gasteiger partial charge in [-0.3, -0.25) is 4.68 Å². The predicted molar refractivity (Wildman–Crippen MR) is 63.9 cm³/mol. The second-order valence-corrected chi connectivity index (χ2v) is 4.62. The number of aromatic nitrogens is 2. The van der Waals surface area contributed by atoms with Crippen LogP contribution in [0.5, 0.6) is 5.75 Å². The Morgan fingerprint density at radius 3 is 2.44 bits per heavy atom. The first kappa shape index (κ1) is 13.0. The quantitative estimate of drug-likeness (QED) is 0.838. The van der Waals surface area contributed by atoms with Gasteiger partial charge in [0.2, 0.25) is 0 Å². The van der Waals surface area contributed by atoms with Gasteiger partial charge in [-0.15, -0.1) is 0 Å². The van der Waals surface area contributed by atoms with Crippen molar-refractivity contribution in [2.45, 2.75) is 52.2 Å². The highest BCUT2D eigenvalue weighted by atomic mass is 16.5. The summed E-state index contributed by atoms with van der Waals surface area (Å²) in [5.41, 5.74) is 1.07. The fourth-order valence-corrected chi connectivity index (χ4v) is 2.02. The molecule has 1 heterocycles. The maximum atomic E-state index is 9.44. The Hall–Kier alpha value is -1.03. The molecule has 0 aliphatic carbocycles. The topological polar surface area (TPSA) is 47.3 Å². The fraction of sp³-hybridized carbons (Fsp3) is 0.750. The van der Waals surface area contributed by atoms with Gasteiger partial charge in [0.1, 0.15) is 0 Å². The lowest BCUT2D eigenvalue weighted by atomic mass is 10.00. The summed E-state index contributed by atoms with van der Waals surface area (Å²) in [5, 5.41) is 13.8. The number of nitrogens with zero attached hydrogens (tertiary/aromatic N) is 2. The molecule has 0 saturated heterocycles. The van der Waals surface area contributed by atoms with Crippen LogP contribution in [0.15, 0.2) is 6.20 Å². The second kappa shape index (κ2) is 5.34. The van der Waals surface area contributed by atoms with Crippen molar-refractivity contribution >= 4 is 0 Å². The van der Waals surface area contributed by atoms with Gasteiger partial charge in [0.05, 0.1) is 25.1 Å². The number of hydrogen-bond donors (Lipinski definition) is 1. The monoisotopic (exact) mass is 226 g/mol. The van der Waals surface area contributed by atoms with Crippen molar-refractivity contribution in [2.75, 3.05) is 7.11 Å². The third kappa shape index (κ3) is 2.76. The molecule has 0 aliphatic rings. The van der Waals surface area contributed by atoms with E-state index in [0.717, 1.165) is 17.9 Å². The molecule has 0 fully saturated rings. The van der Waals surface area contributed by atoms with Crippen molar-refractivity contribution in [2.24, 2.45) is 0 Å². The molecule has 1 rings (SSSR count). The minimum Gasteiger partial charge on any atom is -0.493 e. The van der Waals surface area contributed by atoms with Crippen LogP contribution >= 0.6 is 0 Å². The molecule has 2 unspecified atom stereocenters. The number of methoxy groups -OCH3 is 1. The highest BCUT2D eigenvalue weighted by Crippen LogP contribution is 2.31. The second-order valence-electron chi connectivity index (χ2n) is 4.62. The average Bonchev–Trinajstić information content (AvgIpc) is 2.59. The SMILES string of the molecule is COc1cnn(C(C)C)c1C(C)CC(C)O. The summed E-state index contributed by atoms with van der Waals surface area (Å²) in [6.45, 7) is 8.07. The maximum absolute atomic E-state index is 9.44. The van der Waals surface area contributed by atoms with E-state index in [1.54, 1.807) is 20.2 Å². The van der Waals surface area contributed by atoms with E-state index < -0.39 is 0 Å². The largest absolute Gasteiger partial charge is 0.493 e. The summed E-state index contributed by atoms with van der Waals surface area (Å²) in [5.74, 6) is 1.04. The summed E-state index contributed by atoms with van der Waals surface area (Å²) >= 11 is 0. The molecule has 0 amide bonds. The molecule has 2 atom stereocenters. The number of hydrogen-bond acceptors (Lipinski definition) is 3. The van der Waals surface area contributed by atoms with Crippen LogP contribution in [0.1, 0.15) is 51.8 Å². The van der Waals surface area contributed by atoms with Gasteiger partial charge < -0.3 is 9.84 Å². The molecule has 1 N–H and O–H groups in total. The first-order valence-electron chi connectivity index (χ1n) is 5.76. The van der Waals surface area contributed by atoms with Crippen molar-refractivity contribution in [3.8, 4) is 5.75 Å². The zero-order valence-corrected chi connectivity index (χ0v) is 10.8. The first-order chi connectivity index (χ1) is 7.47. The van der Waals surface area contributed by atoms with E-state index in [4.69, 9.17) is 4.74 Å². The Bertz CT molecular complexity index is 332. The molecule has 4 nitrogen and oxygen atoms in total. The number of rotatable bonds is 5. The van der Waals surface area contributed by atoms with Crippen LogP contribution in [0.2, 0.25) is 0 Å². The predicted octanol–water partition coefficient (Wildman–Crippen LogP) is 2.35. The third-order valence-corrected chi connectivity index (χ3v) is 2.67. The van der Waals surface area contributed by atoms with Crippen molar-refractivity contribution in [1.29, 1.82) is 0 Å². The van der Waals surface area contributed by atoms with Crippen LogP contribution in [0.4, 0.5) is 0 Å². The molecule has 0 spiro atoms. The summed E-state index contributed by atoms with van der Waals surface area (Å²) in [6.07, 6.45) is 2.15. The van der Waals surface area contributed by atoms with Crippen molar-refractivity contribution in [3.05, 3.63) is 11.9 Å². The third-order valence-electron chi connectivity index (χ3n) is 2.67. The average molecular weight is 226 g/mol. The molecule has 0 aromatic carbocycles. The summed E-state index contributed by atoms with van der Waals surface area (Å²) in [7, 11) is 1.65. The number of aliphatic hydroxyl groups excluding tert-OH is 1. The minimum atomic E-state index is -0.310. The van der Waals surface area contributed by atoms with Crippen LogP contribution in [-0.2, 0) is 0 Å². The molecule has 0 saturated carbocycles. The molecule has 1 aromatic heterocycles. The van der Waals surface area contributed by atoms with Gasteiger partial charge >= 0.3 is 0 Å². The summed E-state index contributed by atoms with van der Waals surface area (Å²) in [6, 6.07) is 0.301. The Kier molecular flexibility index (Phi) is 4.35. The molecule has 1 aromatic rings. The zero-order chi connectivity index (χ0) is 12.3. The molecular weight excluding hydrogens is 204 g/mol. The summed E-state index contributed by atoms with van der Waals surface area (Å²) in [4.78, 5) is 0. The van der Waals surface area contributed by atoms with E-state index in [1.165, 1.54) is 0 Å². The van der Waals surface area contributed by atoms with Gasteiger partial charge in [0, 0.05) is 12.0 Å². The molecule has 4 heteroatoms. The lowest BCUT2D eigenvalue weighted by Crippen LogP contribution is -2.14. The molecule has 92 valence electrons. The molecule has 0 radical (unpaired) electrons. The van der Waals surface area contributed by atoms with Gasteiger partial charge in [0.15, 0.2) is 5.75 Å². The molecular formula is C12H22N2O2. The van der Waals surface area contributed by atoms with E-state index in [0.29, 0.717) is 6.04 Å². The van der Waals surface area contributed by atoms with Crippen molar-refractivity contribution in [3.63, 3.8) is 0 Å². The van der Waals surface area contributed by atoms with E-state index in [9.17, 15) is 5.11 Å². The fourth-order valence-electron chi connectivity index (χ4n) is 2.02. The van der Waals surface area contributed by atoms with Crippen LogP contribution in [0.3, 0.4) is 0 Å². The molecule has 16 heavy (non-hydrogen) atoms. The van der Waals surface area contributed by atoms with Gasteiger partial charge in [-0.2, -0.15) is 5.10 Å². The van der Waals surface area contributed by atoms with E-state index in [2.05, 4.69) is 25.9 Å². The van der Waals surface area contributed by atoms with Crippen LogP contribution in [0, 0.1) is 0 Å². The van der Waals surface area contributed by atoms with Crippen LogP contribution in [-0.4, -0.2) is 28.1 Å². The lowest BCUT2D eigenvalue weighted by Gasteiger charge is -2.19. The minimum absolute atomic E-state index is 0.236. The van der Waals surface area contributed by atoms with Crippen LogP contribution in [0.25, 0.3) is 0 Å². The van der Waals surface area contributed by atoms with Gasteiger partial charge in [-0.05, 0) is 27.2 Å². The van der Waals surface area contributed by atoms with E-state index >= 15 is 0 Å². The summed E-state index contributed by atoms with van der Waals surface area (Å²) < 4.78 is 7.28. The highest BCUT2D eigenvalue weighted by molar-refractivity contribution is 5.28. The smallest absolute Gasteiger partial charge is 0.160 e. The zero-order valence-electron chi connectivity index (χ0n) is 10.8. The maximum Gasteiger partial charge on any atom is 0.160 e. The molecule has 0 bridgehead atoms. The van der Waals surface area contributed by atoms with E-state index in [1.807, 2.05) is 4.68 Å². The van der Waals surface area contributed by atoms with Gasteiger partial charge in [-0.1, -0.05) is 6.92 Å². The normalized spacial score (nSPS) is 15.2. The van der Waals surface area contributed by atoms with Gasteiger partial charge in [-0.25, -0.2) is 0 Å². The Balaban J connectivity index is 3.02. The molecule has 0 aliphatic heterocycles. The van der Waals surface area contributed by atoms with E-state index in [-0.39, 0.29) is 12.0 Å². The standard InChI is InChI=1S/C12H22N2O2/c1-8(2)14-12(9(3)6-10(4)15)11(16-5)7-13-14/h7-10,15H,6H2,1-5H3. The van der Waals surface area contributed by atoms with Crippen molar-refractivity contribution in [1.82, 2.24) is 9.78 Å². The lowest BCUT2D eigenvalue weighted by molar-refractivity contribution is 0.174.